The minimum absolute atomic E-state index is 0.239. The van der Waals surface area contributed by atoms with Crippen LogP contribution in [0.15, 0.2) is 77.9 Å². The van der Waals surface area contributed by atoms with E-state index in [9.17, 15) is 14.7 Å². The van der Waals surface area contributed by atoms with Gasteiger partial charge in [-0.25, -0.2) is 4.79 Å². The first kappa shape index (κ1) is 21.8. The van der Waals surface area contributed by atoms with Gasteiger partial charge in [0.25, 0.3) is 5.91 Å². The molecule has 0 radical (unpaired) electrons. The summed E-state index contributed by atoms with van der Waals surface area (Å²) in [4.78, 5) is 23.8. The summed E-state index contributed by atoms with van der Waals surface area (Å²) in [7, 11) is 0. The van der Waals surface area contributed by atoms with Gasteiger partial charge in [-0.2, -0.15) is 5.10 Å². The number of carbonyl (C=O) groups is 2. The minimum atomic E-state index is -1.01. The molecule has 0 unspecified atom stereocenters. The number of halogens is 1. The van der Waals surface area contributed by atoms with Crippen LogP contribution in [0.2, 0.25) is 0 Å². The number of carboxylic acid groups (broad SMARTS) is 1. The molecular formula is C24H20IN3O4. The molecule has 7 nitrogen and oxygen atoms in total. The van der Waals surface area contributed by atoms with Gasteiger partial charge in [0.2, 0.25) is 0 Å². The lowest BCUT2D eigenvalue weighted by molar-refractivity contribution is -0.145. The molecule has 3 N–H and O–H groups in total. The molecular weight excluding hydrogens is 521 g/mol. The maximum Gasteiger partial charge on any atom is 0.345 e. The third kappa shape index (κ3) is 5.25. The highest BCUT2D eigenvalue weighted by molar-refractivity contribution is 14.1. The average Bonchev–Trinajstić information content (AvgIpc) is 3.09. The molecule has 32 heavy (non-hydrogen) atoms. The number of hydrogen-bond acceptors (Lipinski definition) is 5. The number of fused-ring (bicyclic) bond motifs is 1. The number of hydrazone groups is 1. The summed E-state index contributed by atoms with van der Waals surface area (Å²) in [5, 5.41) is 16.6. The normalized spacial score (nSPS) is 14.5. The molecule has 1 amide bonds. The molecule has 0 aromatic heterocycles. The Kier molecular flexibility index (Phi) is 6.69. The molecule has 1 atom stereocenters. The zero-order valence-corrected chi connectivity index (χ0v) is 19.1. The van der Waals surface area contributed by atoms with Crippen molar-refractivity contribution in [2.24, 2.45) is 5.10 Å². The van der Waals surface area contributed by atoms with E-state index in [1.165, 1.54) is 0 Å². The zero-order chi connectivity index (χ0) is 22.5. The van der Waals surface area contributed by atoms with Gasteiger partial charge in [-0.05, 0) is 64.0 Å². The lowest BCUT2D eigenvalue weighted by Gasteiger charge is -2.15. The van der Waals surface area contributed by atoms with Gasteiger partial charge >= 0.3 is 5.97 Å². The summed E-state index contributed by atoms with van der Waals surface area (Å²) in [5.74, 6) is -0.779. The van der Waals surface area contributed by atoms with Crippen LogP contribution >= 0.6 is 22.6 Å². The topological polar surface area (TPSA) is 100 Å². The van der Waals surface area contributed by atoms with Gasteiger partial charge in [-0.15, -0.1) is 0 Å². The van der Waals surface area contributed by atoms with Crippen LogP contribution in [0.5, 0.6) is 5.75 Å². The number of nitrogens with zero attached hydrogens (tertiary/aromatic N) is 1. The first-order chi connectivity index (χ1) is 15.5. The summed E-state index contributed by atoms with van der Waals surface area (Å²) in [6.07, 6.45) is -0.698. The van der Waals surface area contributed by atoms with Crippen LogP contribution in [-0.2, 0) is 22.6 Å². The zero-order valence-electron chi connectivity index (χ0n) is 16.9. The molecule has 0 saturated carbocycles. The number of hydrogen-bond donors (Lipinski definition) is 3. The summed E-state index contributed by atoms with van der Waals surface area (Å²) >= 11 is 2.20. The van der Waals surface area contributed by atoms with E-state index >= 15 is 0 Å². The highest BCUT2D eigenvalue weighted by atomic mass is 127. The molecule has 0 bridgehead atoms. The second-order valence-corrected chi connectivity index (χ2v) is 8.46. The van der Waals surface area contributed by atoms with Crippen LogP contribution in [0.4, 0.5) is 5.69 Å². The first-order valence-electron chi connectivity index (χ1n) is 9.94. The Balaban J connectivity index is 1.37. The smallest absolute Gasteiger partial charge is 0.345 e. The monoisotopic (exact) mass is 541 g/mol. The maximum absolute atomic E-state index is 12.2. The molecule has 1 heterocycles. The predicted molar refractivity (Wildman–Crippen MR) is 130 cm³/mol. The highest BCUT2D eigenvalue weighted by Gasteiger charge is 2.26. The lowest BCUT2D eigenvalue weighted by atomic mass is 10.1. The number of carbonyl (C=O) groups excluding carboxylic acids is 1. The van der Waals surface area contributed by atoms with Crippen molar-refractivity contribution >= 4 is 45.9 Å². The van der Waals surface area contributed by atoms with E-state index in [1.54, 1.807) is 12.1 Å². The van der Waals surface area contributed by atoms with Crippen molar-refractivity contribution in [3.63, 3.8) is 0 Å². The summed E-state index contributed by atoms with van der Waals surface area (Å²) in [6.45, 7) is 0.405. The molecule has 162 valence electrons. The van der Waals surface area contributed by atoms with Crippen LogP contribution in [0, 0.1) is 3.57 Å². The van der Waals surface area contributed by atoms with E-state index in [-0.39, 0.29) is 12.3 Å². The molecule has 3 aromatic rings. The second-order valence-electron chi connectivity index (χ2n) is 7.22. The van der Waals surface area contributed by atoms with E-state index in [1.807, 2.05) is 60.7 Å². The third-order valence-electron chi connectivity index (χ3n) is 4.92. The fourth-order valence-corrected chi connectivity index (χ4v) is 3.79. The number of carboxylic acids is 1. The summed E-state index contributed by atoms with van der Waals surface area (Å²) in [5.41, 5.74) is 6.62. The van der Waals surface area contributed by atoms with Crippen molar-refractivity contribution in [3.05, 3.63) is 93.1 Å². The Bertz CT molecular complexity index is 1160. The summed E-state index contributed by atoms with van der Waals surface area (Å²) < 4.78 is 6.71. The first-order valence-corrected chi connectivity index (χ1v) is 11.0. The van der Waals surface area contributed by atoms with Crippen molar-refractivity contribution < 1.29 is 19.4 Å². The SMILES string of the molecule is O=C1Nc2ccc(I)cc2C1=NNCc1ccc(O[C@@H](Cc2ccccc2)C(=O)O)cc1. The van der Waals surface area contributed by atoms with Gasteiger partial charge in [-0.1, -0.05) is 42.5 Å². The van der Waals surface area contributed by atoms with E-state index in [0.717, 1.165) is 25.9 Å². The number of anilines is 1. The van der Waals surface area contributed by atoms with Gasteiger partial charge in [0.15, 0.2) is 11.8 Å². The molecule has 0 aliphatic carbocycles. The van der Waals surface area contributed by atoms with Gasteiger partial charge in [0.1, 0.15) is 5.75 Å². The number of nitrogens with one attached hydrogen (secondary N) is 2. The van der Waals surface area contributed by atoms with Gasteiger partial charge in [-0.3, -0.25) is 4.79 Å². The number of amides is 1. The standard InChI is InChI=1S/C24H20IN3O4/c25-17-8-11-20-19(13-17)22(23(29)27-20)28-26-14-16-6-9-18(10-7-16)32-21(24(30)31)12-15-4-2-1-3-5-15/h1-11,13,21,26H,12,14H2,(H,30,31)(H,27,28,29)/t21-/m0/s1. The van der Waals surface area contributed by atoms with Crippen LogP contribution in [0.25, 0.3) is 0 Å². The van der Waals surface area contributed by atoms with Crippen molar-refractivity contribution in [3.8, 4) is 5.75 Å². The van der Waals surface area contributed by atoms with Crippen molar-refractivity contribution in [1.29, 1.82) is 0 Å². The predicted octanol–water partition coefficient (Wildman–Crippen LogP) is 3.81. The highest BCUT2D eigenvalue weighted by Crippen LogP contribution is 2.25. The van der Waals surface area contributed by atoms with E-state index in [4.69, 9.17) is 4.74 Å². The van der Waals surface area contributed by atoms with Crippen LogP contribution in [0.1, 0.15) is 16.7 Å². The summed E-state index contributed by atoms with van der Waals surface area (Å²) in [6, 6.07) is 22.2. The lowest BCUT2D eigenvalue weighted by Crippen LogP contribution is -2.29. The molecule has 3 aromatic carbocycles. The molecule has 0 spiro atoms. The van der Waals surface area contributed by atoms with Crippen LogP contribution in [-0.4, -0.2) is 28.8 Å². The van der Waals surface area contributed by atoms with Crippen molar-refractivity contribution in [2.45, 2.75) is 19.1 Å². The van der Waals surface area contributed by atoms with Crippen LogP contribution in [0.3, 0.4) is 0 Å². The molecule has 1 aliphatic rings. The van der Waals surface area contributed by atoms with Crippen LogP contribution < -0.4 is 15.5 Å². The Hall–Kier alpha value is -3.40. The average molecular weight is 541 g/mol. The fraction of sp³-hybridized carbons (Fsp3) is 0.125. The quantitative estimate of drug-likeness (QED) is 0.298. The van der Waals surface area contributed by atoms with E-state index < -0.39 is 12.1 Å². The van der Waals surface area contributed by atoms with Gasteiger partial charge < -0.3 is 20.6 Å². The third-order valence-corrected chi connectivity index (χ3v) is 5.59. The molecule has 8 heteroatoms. The molecule has 0 saturated heterocycles. The maximum atomic E-state index is 12.2. The largest absolute Gasteiger partial charge is 0.478 e. The number of ether oxygens (including phenoxy) is 1. The molecule has 4 rings (SSSR count). The molecule has 0 fully saturated rings. The van der Waals surface area contributed by atoms with Gasteiger partial charge in [0, 0.05) is 15.6 Å². The van der Waals surface area contributed by atoms with Gasteiger partial charge in [0.05, 0.1) is 12.2 Å². The Labute approximate surface area is 198 Å². The molecule has 1 aliphatic heterocycles. The van der Waals surface area contributed by atoms with Crippen molar-refractivity contribution in [2.75, 3.05) is 5.32 Å². The number of benzene rings is 3. The Morgan fingerprint density at radius 3 is 2.53 bits per heavy atom. The van der Waals surface area contributed by atoms with Crippen molar-refractivity contribution in [1.82, 2.24) is 5.43 Å². The number of rotatable bonds is 8. The Morgan fingerprint density at radius 1 is 1.06 bits per heavy atom. The van der Waals surface area contributed by atoms with E-state index in [0.29, 0.717) is 18.0 Å². The minimum Gasteiger partial charge on any atom is -0.478 e. The number of aliphatic carboxylic acids is 1. The Morgan fingerprint density at radius 2 is 1.81 bits per heavy atom. The van der Waals surface area contributed by atoms with E-state index in [2.05, 4.69) is 38.4 Å². The second kappa shape index (κ2) is 9.82. The fourth-order valence-electron chi connectivity index (χ4n) is 3.30.